The normalized spacial score (nSPS) is 18.4. The van der Waals surface area contributed by atoms with Crippen molar-refractivity contribution in [3.63, 3.8) is 0 Å². The molecule has 146 valence electrons. The summed E-state index contributed by atoms with van der Waals surface area (Å²) >= 11 is 6.27. The van der Waals surface area contributed by atoms with Crippen molar-refractivity contribution in [3.05, 3.63) is 40.0 Å². The van der Waals surface area contributed by atoms with E-state index in [0.29, 0.717) is 31.1 Å². The summed E-state index contributed by atoms with van der Waals surface area (Å²) in [5.74, 6) is 0.602. The van der Waals surface area contributed by atoms with Gasteiger partial charge in [-0.3, -0.25) is 0 Å². The Labute approximate surface area is 159 Å². The molecule has 1 aromatic heterocycles. The van der Waals surface area contributed by atoms with Crippen LogP contribution in [0.3, 0.4) is 0 Å². The number of aryl methyl sites for hydroxylation is 1. The SMILES string of the molecule is Cc1cc(N2CCCOC[C@H]2c2cc(C(F)(F)F)c(N)cc2Cl)nc(N)n1. The van der Waals surface area contributed by atoms with Crippen LogP contribution in [-0.4, -0.2) is 29.7 Å². The van der Waals surface area contributed by atoms with Crippen LogP contribution in [0, 0.1) is 6.92 Å². The van der Waals surface area contributed by atoms with Crippen LogP contribution in [0.25, 0.3) is 0 Å². The van der Waals surface area contributed by atoms with Crippen molar-refractivity contribution >= 4 is 29.1 Å². The van der Waals surface area contributed by atoms with Gasteiger partial charge in [0.05, 0.1) is 18.2 Å². The van der Waals surface area contributed by atoms with Gasteiger partial charge >= 0.3 is 6.18 Å². The minimum atomic E-state index is -4.59. The zero-order valence-electron chi connectivity index (χ0n) is 14.6. The lowest BCUT2D eigenvalue weighted by atomic mass is 10.0. The highest BCUT2D eigenvalue weighted by Crippen LogP contribution is 2.40. The fraction of sp³-hybridized carbons (Fsp3) is 0.412. The average Bonchev–Trinajstić information content (AvgIpc) is 2.78. The molecule has 0 aliphatic carbocycles. The number of aromatic nitrogens is 2. The van der Waals surface area contributed by atoms with Gasteiger partial charge in [0.2, 0.25) is 5.95 Å². The number of benzene rings is 1. The van der Waals surface area contributed by atoms with E-state index in [2.05, 4.69) is 9.97 Å². The lowest BCUT2D eigenvalue weighted by Gasteiger charge is -2.32. The molecule has 0 spiro atoms. The first-order valence-corrected chi connectivity index (χ1v) is 8.66. The Hall–Kier alpha value is -2.26. The Morgan fingerprint density at radius 1 is 1.22 bits per heavy atom. The maximum atomic E-state index is 13.3. The average molecular weight is 402 g/mol. The van der Waals surface area contributed by atoms with Crippen molar-refractivity contribution in [2.75, 3.05) is 36.1 Å². The summed E-state index contributed by atoms with van der Waals surface area (Å²) in [4.78, 5) is 10.1. The number of nitrogen functional groups attached to an aromatic ring is 2. The van der Waals surface area contributed by atoms with E-state index in [1.807, 2.05) is 4.90 Å². The molecule has 1 saturated heterocycles. The number of rotatable bonds is 2. The second-order valence-corrected chi connectivity index (χ2v) is 6.73. The number of hydrogen-bond donors (Lipinski definition) is 2. The Balaban J connectivity index is 2.11. The fourth-order valence-electron chi connectivity index (χ4n) is 3.14. The quantitative estimate of drug-likeness (QED) is 0.747. The van der Waals surface area contributed by atoms with Gasteiger partial charge in [-0.05, 0) is 31.0 Å². The van der Waals surface area contributed by atoms with E-state index in [0.717, 1.165) is 12.1 Å². The zero-order valence-corrected chi connectivity index (χ0v) is 15.3. The van der Waals surface area contributed by atoms with Gasteiger partial charge in [-0.1, -0.05) is 11.6 Å². The Morgan fingerprint density at radius 2 is 1.96 bits per heavy atom. The van der Waals surface area contributed by atoms with Crippen LogP contribution >= 0.6 is 11.6 Å². The van der Waals surface area contributed by atoms with Gasteiger partial charge < -0.3 is 21.1 Å². The molecular formula is C17H19ClF3N5O. The highest BCUT2D eigenvalue weighted by molar-refractivity contribution is 6.31. The summed E-state index contributed by atoms with van der Waals surface area (Å²) in [7, 11) is 0. The number of anilines is 3. The van der Waals surface area contributed by atoms with Crippen LogP contribution in [0.5, 0.6) is 0 Å². The topological polar surface area (TPSA) is 90.3 Å². The lowest BCUT2D eigenvalue weighted by molar-refractivity contribution is -0.137. The summed E-state index contributed by atoms with van der Waals surface area (Å²) in [6.07, 6.45) is -3.91. The molecule has 0 amide bonds. The van der Waals surface area contributed by atoms with E-state index in [-0.39, 0.29) is 23.1 Å². The second-order valence-electron chi connectivity index (χ2n) is 6.32. The predicted octanol–water partition coefficient (Wildman–Crippen LogP) is 3.59. The molecule has 6 nitrogen and oxygen atoms in total. The molecule has 1 atom stereocenters. The van der Waals surface area contributed by atoms with Gasteiger partial charge in [0, 0.05) is 35.6 Å². The second kappa shape index (κ2) is 7.40. The first kappa shape index (κ1) is 19.5. The molecule has 1 aliphatic heterocycles. The van der Waals surface area contributed by atoms with Gasteiger partial charge in [-0.25, -0.2) is 4.98 Å². The summed E-state index contributed by atoms with van der Waals surface area (Å²) in [5.41, 5.74) is 10.9. The van der Waals surface area contributed by atoms with E-state index in [4.69, 9.17) is 27.8 Å². The summed E-state index contributed by atoms with van der Waals surface area (Å²) in [6.45, 7) is 2.92. The van der Waals surface area contributed by atoms with E-state index < -0.39 is 23.5 Å². The van der Waals surface area contributed by atoms with Crippen LogP contribution in [0.4, 0.5) is 30.6 Å². The lowest BCUT2D eigenvalue weighted by Crippen LogP contribution is -2.32. The van der Waals surface area contributed by atoms with Crippen LogP contribution in [-0.2, 0) is 10.9 Å². The standard InChI is InChI=1S/C17H19ClF3N5O/c1-9-5-15(25-16(23)24-9)26-3-2-4-27-8-14(26)10-6-11(17(19,20)21)13(22)7-12(10)18/h5-7,14H,2-4,8,22H2,1H3,(H2,23,24,25)/t14-/m0/s1. The first-order chi connectivity index (χ1) is 12.7. The van der Waals surface area contributed by atoms with Crippen molar-refractivity contribution in [2.45, 2.75) is 25.6 Å². The van der Waals surface area contributed by atoms with Crippen LogP contribution in [0.2, 0.25) is 5.02 Å². The van der Waals surface area contributed by atoms with Crippen molar-refractivity contribution in [1.29, 1.82) is 0 Å². The van der Waals surface area contributed by atoms with Crippen molar-refractivity contribution < 1.29 is 17.9 Å². The van der Waals surface area contributed by atoms with Crippen LogP contribution in [0.1, 0.15) is 29.3 Å². The molecule has 2 aromatic rings. The molecule has 0 bridgehead atoms. The molecule has 4 N–H and O–H groups in total. The molecule has 2 heterocycles. The first-order valence-electron chi connectivity index (χ1n) is 8.28. The fourth-order valence-corrected chi connectivity index (χ4v) is 3.44. The monoisotopic (exact) mass is 401 g/mol. The van der Waals surface area contributed by atoms with Crippen molar-refractivity contribution in [1.82, 2.24) is 9.97 Å². The molecule has 27 heavy (non-hydrogen) atoms. The van der Waals surface area contributed by atoms with E-state index in [1.165, 1.54) is 0 Å². The minimum Gasteiger partial charge on any atom is -0.398 e. The van der Waals surface area contributed by atoms with Crippen LogP contribution < -0.4 is 16.4 Å². The molecular weight excluding hydrogens is 383 g/mol. The molecule has 1 aromatic carbocycles. The maximum absolute atomic E-state index is 13.3. The van der Waals surface area contributed by atoms with E-state index in [9.17, 15) is 13.2 Å². The van der Waals surface area contributed by atoms with Crippen molar-refractivity contribution in [2.24, 2.45) is 0 Å². The number of nitrogens with two attached hydrogens (primary N) is 2. The Bertz CT molecular complexity index is 826. The summed E-state index contributed by atoms with van der Waals surface area (Å²) < 4.78 is 45.6. The van der Waals surface area contributed by atoms with Gasteiger partial charge in [0.1, 0.15) is 5.82 Å². The summed E-state index contributed by atoms with van der Waals surface area (Å²) in [5, 5.41) is 0.139. The van der Waals surface area contributed by atoms with Gasteiger partial charge in [-0.2, -0.15) is 18.2 Å². The predicted molar refractivity (Wildman–Crippen MR) is 97.6 cm³/mol. The smallest absolute Gasteiger partial charge is 0.398 e. The number of ether oxygens (including phenoxy) is 1. The van der Waals surface area contributed by atoms with E-state index >= 15 is 0 Å². The third-order valence-electron chi connectivity index (χ3n) is 4.33. The highest BCUT2D eigenvalue weighted by atomic mass is 35.5. The number of nitrogens with zero attached hydrogens (tertiary/aromatic N) is 3. The van der Waals surface area contributed by atoms with Gasteiger partial charge in [-0.15, -0.1) is 0 Å². The third-order valence-corrected chi connectivity index (χ3v) is 4.65. The van der Waals surface area contributed by atoms with Crippen molar-refractivity contribution in [3.8, 4) is 0 Å². The highest BCUT2D eigenvalue weighted by Gasteiger charge is 2.36. The Morgan fingerprint density at radius 3 is 2.63 bits per heavy atom. The molecule has 1 fully saturated rings. The number of hydrogen-bond acceptors (Lipinski definition) is 6. The minimum absolute atomic E-state index is 0.0910. The van der Waals surface area contributed by atoms with Crippen LogP contribution in [0.15, 0.2) is 18.2 Å². The zero-order chi connectivity index (χ0) is 19.8. The van der Waals surface area contributed by atoms with E-state index in [1.54, 1.807) is 13.0 Å². The summed E-state index contributed by atoms with van der Waals surface area (Å²) in [6, 6.07) is 3.27. The third kappa shape index (κ3) is 4.19. The molecule has 1 aliphatic rings. The largest absolute Gasteiger partial charge is 0.418 e. The van der Waals surface area contributed by atoms with Gasteiger partial charge in [0.15, 0.2) is 0 Å². The Kier molecular flexibility index (Phi) is 5.34. The molecule has 0 unspecified atom stereocenters. The maximum Gasteiger partial charge on any atom is 0.418 e. The number of halogens is 4. The molecule has 3 rings (SSSR count). The molecule has 0 radical (unpaired) electrons. The molecule has 0 saturated carbocycles. The van der Waals surface area contributed by atoms with Gasteiger partial charge in [0.25, 0.3) is 0 Å². The molecule has 10 heteroatoms. The number of alkyl halides is 3.